The SMILES string of the molecule is C#C.CCN.N#Cc1ccc(CCC(=O)O)cc1. The van der Waals surface area contributed by atoms with E-state index in [1.165, 1.54) is 0 Å². The average Bonchev–Trinajstić information content (AvgIpc) is 2.40. The highest BCUT2D eigenvalue weighted by Gasteiger charge is 1.98. The van der Waals surface area contributed by atoms with Crippen LogP contribution in [-0.4, -0.2) is 17.6 Å². The smallest absolute Gasteiger partial charge is 0.303 e. The van der Waals surface area contributed by atoms with Gasteiger partial charge >= 0.3 is 5.97 Å². The first kappa shape index (κ1) is 18.1. The van der Waals surface area contributed by atoms with Crippen molar-refractivity contribution in [2.45, 2.75) is 19.8 Å². The third-order valence-corrected chi connectivity index (χ3v) is 1.71. The van der Waals surface area contributed by atoms with Crippen molar-refractivity contribution >= 4 is 5.97 Å². The summed E-state index contributed by atoms with van der Waals surface area (Å²) < 4.78 is 0. The molecule has 4 heteroatoms. The zero-order valence-corrected chi connectivity index (χ0v) is 10.5. The van der Waals surface area contributed by atoms with Crippen molar-refractivity contribution in [2.24, 2.45) is 5.73 Å². The molecule has 0 unspecified atom stereocenters. The van der Waals surface area contributed by atoms with E-state index in [4.69, 9.17) is 16.1 Å². The Balaban J connectivity index is 0. The van der Waals surface area contributed by atoms with Crippen LogP contribution in [0.4, 0.5) is 0 Å². The van der Waals surface area contributed by atoms with Crippen LogP contribution in [0, 0.1) is 24.2 Å². The summed E-state index contributed by atoms with van der Waals surface area (Å²) in [6, 6.07) is 8.94. The van der Waals surface area contributed by atoms with E-state index in [1.54, 1.807) is 24.3 Å². The lowest BCUT2D eigenvalue weighted by atomic mass is 10.1. The van der Waals surface area contributed by atoms with Crippen molar-refractivity contribution in [3.8, 4) is 18.9 Å². The number of nitrogens with two attached hydrogens (primary N) is 1. The highest BCUT2D eigenvalue weighted by atomic mass is 16.4. The number of aliphatic carboxylic acids is 1. The van der Waals surface area contributed by atoms with E-state index in [0.29, 0.717) is 12.0 Å². The summed E-state index contributed by atoms with van der Waals surface area (Å²) in [5.74, 6) is -0.802. The van der Waals surface area contributed by atoms with Gasteiger partial charge < -0.3 is 10.8 Å². The van der Waals surface area contributed by atoms with Crippen molar-refractivity contribution in [3.05, 3.63) is 35.4 Å². The Bertz CT molecular complexity index is 388. The summed E-state index contributed by atoms with van der Waals surface area (Å²) in [5.41, 5.74) is 6.39. The third kappa shape index (κ3) is 10.2. The third-order valence-electron chi connectivity index (χ3n) is 1.71. The van der Waals surface area contributed by atoms with E-state index in [9.17, 15) is 4.79 Å². The van der Waals surface area contributed by atoms with Gasteiger partial charge in [0.25, 0.3) is 0 Å². The van der Waals surface area contributed by atoms with Crippen molar-refractivity contribution in [2.75, 3.05) is 6.54 Å². The highest BCUT2D eigenvalue weighted by molar-refractivity contribution is 5.67. The highest BCUT2D eigenvalue weighted by Crippen LogP contribution is 2.05. The van der Waals surface area contributed by atoms with Crippen LogP contribution in [-0.2, 0) is 11.2 Å². The number of rotatable bonds is 3. The second-order valence-corrected chi connectivity index (χ2v) is 3.11. The van der Waals surface area contributed by atoms with Gasteiger partial charge in [0.2, 0.25) is 0 Å². The van der Waals surface area contributed by atoms with Crippen LogP contribution in [0.2, 0.25) is 0 Å². The van der Waals surface area contributed by atoms with E-state index in [2.05, 4.69) is 12.8 Å². The lowest BCUT2D eigenvalue weighted by Crippen LogP contribution is -1.97. The summed E-state index contributed by atoms with van der Waals surface area (Å²) in [7, 11) is 0. The van der Waals surface area contributed by atoms with E-state index < -0.39 is 5.97 Å². The largest absolute Gasteiger partial charge is 0.481 e. The standard InChI is InChI=1S/C10H9NO2.C2H7N.C2H2/c11-7-9-3-1-8(2-4-9)5-6-10(12)13;1-2-3;1-2/h1-4H,5-6H2,(H,12,13);2-3H2,1H3;1-2H. The van der Waals surface area contributed by atoms with Crippen molar-refractivity contribution < 1.29 is 9.90 Å². The van der Waals surface area contributed by atoms with E-state index >= 15 is 0 Å². The lowest BCUT2D eigenvalue weighted by molar-refractivity contribution is -0.136. The minimum absolute atomic E-state index is 0.131. The molecular weight excluding hydrogens is 228 g/mol. The van der Waals surface area contributed by atoms with Gasteiger partial charge in [0.05, 0.1) is 11.6 Å². The quantitative estimate of drug-likeness (QED) is 0.796. The predicted octanol–water partition coefficient (Wildman–Crippen LogP) is 1.79. The first-order chi connectivity index (χ1) is 8.63. The predicted molar refractivity (Wildman–Crippen MR) is 71.7 cm³/mol. The number of carboxylic acids is 1. The van der Waals surface area contributed by atoms with E-state index in [0.717, 1.165) is 12.1 Å². The fourth-order valence-electron chi connectivity index (χ4n) is 0.997. The van der Waals surface area contributed by atoms with E-state index in [1.807, 2.05) is 13.0 Å². The number of hydrogen-bond acceptors (Lipinski definition) is 3. The number of terminal acetylenes is 1. The van der Waals surface area contributed by atoms with Crippen LogP contribution < -0.4 is 5.73 Å². The molecule has 0 atom stereocenters. The summed E-state index contributed by atoms with van der Waals surface area (Å²) in [5, 5.41) is 16.9. The minimum Gasteiger partial charge on any atom is -0.481 e. The molecule has 0 bridgehead atoms. The van der Waals surface area contributed by atoms with Crippen LogP contribution >= 0.6 is 0 Å². The van der Waals surface area contributed by atoms with Crippen molar-refractivity contribution in [3.63, 3.8) is 0 Å². The van der Waals surface area contributed by atoms with Crippen LogP contribution in [0.3, 0.4) is 0 Å². The van der Waals surface area contributed by atoms with Gasteiger partial charge in [-0.1, -0.05) is 19.1 Å². The Labute approximate surface area is 108 Å². The Kier molecular flexibility index (Phi) is 12.8. The lowest BCUT2D eigenvalue weighted by Gasteiger charge is -1.97. The van der Waals surface area contributed by atoms with Gasteiger partial charge in [-0.15, -0.1) is 12.8 Å². The molecule has 0 saturated heterocycles. The molecule has 3 N–H and O–H groups in total. The fourth-order valence-corrected chi connectivity index (χ4v) is 0.997. The van der Waals surface area contributed by atoms with Gasteiger partial charge in [0, 0.05) is 6.42 Å². The molecule has 0 heterocycles. The van der Waals surface area contributed by atoms with Gasteiger partial charge in [0.15, 0.2) is 0 Å². The van der Waals surface area contributed by atoms with Gasteiger partial charge in [0.1, 0.15) is 0 Å². The minimum atomic E-state index is -0.802. The summed E-state index contributed by atoms with van der Waals surface area (Å²) in [6.07, 6.45) is 8.65. The first-order valence-electron chi connectivity index (χ1n) is 5.38. The number of aryl methyl sites for hydroxylation is 1. The number of benzene rings is 1. The zero-order chi connectivity index (χ0) is 14.4. The zero-order valence-electron chi connectivity index (χ0n) is 10.5. The van der Waals surface area contributed by atoms with Gasteiger partial charge in [-0.2, -0.15) is 5.26 Å². The maximum Gasteiger partial charge on any atom is 0.303 e. The number of carbonyl (C=O) groups is 1. The summed E-state index contributed by atoms with van der Waals surface area (Å²) in [4.78, 5) is 10.2. The van der Waals surface area contributed by atoms with E-state index in [-0.39, 0.29) is 6.42 Å². The first-order valence-corrected chi connectivity index (χ1v) is 5.38. The molecule has 0 fully saturated rings. The molecule has 96 valence electrons. The van der Waals surface area contributed by atoms with Crippen LogP contribution in [0.1, 0.15) is 24.5 Å². The van der Waals surface area contributed by atoms with Gasteiger partial charge in [-0.05, 0) is 30.7 Å². The fraction of sp³-hybridized carbons (Fsp3) is 0.286. The molecule has 18 heavy (non-hydrogen) atoms. The van der Waals surface area contributed by atoms with Crippen LogP contribution in [0.5, 0.6) is 0 Å². The Morgan fingerprint density at radius 3 is 2.17 bits per heavy atom. The summed E-state index contributed by atoms with van der Waals surface area (Å²) >= 11 is 0. The number of nitriles is 1. The maximum absolute atomic E-state index is 10.2. The molecular formula is C14H18N2O2. The molecule has 0 aromatic heterocycles. The molecule has 0 spiro atoms. The second-order valence-electron chi connectivity index (χ2n) is 3.11. The monoisotopic (exact) mass is 246 g/mol. The molecule has 1 aromatic carbocycles. The van der Waals surface area contributed by atoms with Crippen LogP contribution in [0.25, 0.3) is 0 Å². The Morgan fingerprint density at radius 1 is 1.39 bits per heavy atom. The average molecular weight is 246 g/mol. The number of carboxylic acid groups (broad SMARTS) is 1. The Hall–Kier alpha value is -2.30. The Morgan fingerprint density at radius 2 is 1.83 bits per heavy atom. The molecule has 0 saturated carbocycles. The molecule has 4 nitrogen and oxygen atoms in total. The molecule has 0 aliphatic carbocycles. The number of nitrogens with zero attached hydrogens (tertiary/aromatic N) is 1. The molecule has 0 aliphatic heterocycles. The number of hydrogen-bond donors (Lipinski definition) is 2. The van der Waals surface area contributed by atoms with Crippen molar-refractivity contribution in [1.82, 2.24) is 0 Å². The maximum atomic E-state index is 10.2. The van der Waals surface area contributed by atoms with Crippen molar-refractivity contribution in [1.29, 1.82) is 5.26 Å². The molecule has 0 aliphatic rings. The summed E-state index contributed by atoms with van der Waals surface area (Å²) in [6.45, 7) is 2.65. The van der Waals surface area contributed by atoms with Gasteiger partial charge in [-0.25, -0.2) is 0 Å². The molecule has 0 radical (unpaired) electrons. The second kappa shape index (κ2) is 12.8. The normalized spacial score (nSPS) is 7.72. The molecule has 1 rings (SSSR count). The van der Waals surface area contributed by atoms with Gasteiger partial charge in [-0.3, -0.25) is 4.79 Å². The molecule has 1 aromatic rings. The molecule has 0 amide bonds. The topological polar surface area (TPSA) is 87.1 Å². The van der Waals surface area contributed by atoms with Crippen LogP contribution in [0.15, 0.2) is 24.3 Å².